The first-order chi connectivity index (χ1) is 8.47. The average molecular weight is 267 g/mol. The zero-order valence-corrected chi connectivity index (χ0v) is 12.1. The Morgan fingerprint density at radius 3 is 2.89 bits per heavy atom. The summed E-state index contributed by atoms with van der Waals surface area (Å²) < 4.78 is 0. The Balaban J connectivity index is 2.19. The van der Waals surface area contributed by atoms with E-state index >= 15 is 0 Å². The zero-order valence-electron chi connectivity index (χ0n) is 11.3. The van der Waals surface area contributed by atoms with Gasteiger partial charge in [0.25, 0.3) is 5.91 Å². The first-order valence-electron chi connectivity index (χ1n) is 6.48. The monoisotopic (exact) mass is 267 g/mol. The Bertz CT molecular complexity index is 441. The van der Waals surface area contributed by atoms with E-state index in [0.29, 0.717) is 12.5 Å². The molecular weight excluding hydrogens is 246 g/mol. The van der Waals surface area contributed by atoms with E-state index in [1.807, 2.05) is 11.8 Å². The lowest BCUT2D eigenvalue weighted by Crippen LogP contribution is -2.32. The van der Waals surface area contributed by atoms with E-state index in [1.54, 1.807) is 0 Å². The van der Waals surface area contributed by atoms with Gasteiger partial charge in [-0.15, -0.1) is 11.3 Å². The van der Waals surface area contributed by atoms with Crippen molar-refractivity contribution in [2.45, 2.75) is 39.7 Å². The maximum Gasteiger partial charge on any atom is 0.265 e. The maximum absolute atomic E-state index is 12.4. The predicted molar refractivity (Wildman–Crippen MR) is 73.9 cm³/mol. The van der Waals surface area contributed by atoms with Crippen LogP contribution in [0.15, 0.2) is 0 Å². The number of thiazole rings is 1. The molecule has 0 spiro atoms. The minimum atomic E-state index is 0.115. The molecule has 0 bridgehead atoms. The second-order valence-electron chi connectivity index (χ2n) is 5.41. The molecule has 1 aromatic rings. The number of carbonyl (C=O) groups is 1. The van der Waals surface area contributed by atoms with Gasteiger partial charge in [0.15, 0.2) is 0 Å². The van der Waals surface area contributed by atoms with Crippen LogP contribution in [0.1, 0.15) is 40.6 Å². The minimum absolute atomic E-state index is 0.115. The van der Waals surface area contributed by atoms with Crippen molar-refractivity contribution in [3.63, 3.8) is 0 Å². The summed E-state index contributed by atoms with van der Waals surface area (Å²) in [5.74, 6) is 0.628. The highest BCUT2D eigenvalue weighted by Gasteiger charge is 2.28. The highest BCUT2D eigenvalue weighted by atomic mass is 32.1. The molecule has 1 aliphatic rings. The quantitative estimate of drug-likeness (QED) is 0.909. The number of amides is 1. The molecule has 0 unspecified atom stereocenters. The van der Waals surface area contributed by atoms with Crippen LogP contribution in [-0.4, -0.2) is 34.9 Å². The SMILES string of the molecule is Cc1nc(CC(C)C)c(C(=O)N2CC[C@H](N)C2)s1. The number of aryl methyl sites for hydroxylation is 1. The summed E-state index contributed by atoms with van der Waals surface area (Å²) in [6, 6.07) is 0.136. The van der Waals surface area contributed by atoms with Gasteiger partial charge in [-0.2, -0.15) is 0 Å². The number of carbonyl (C=O) groups excluding carboxylic acids is 1. The third-order valence-electron chi connectivity index (χ3n) is 3.11. The molecule has 1 fully saturated rings. The van der Waals surface area contributed by atoms with Gasteiger partial charge in [0.2, 0.25) is 0 Å². The molecular formula is C13H21N3OS. The zero-order chi connectivity index (χ0) is 13.3. The third kappa shape index (κ3) is 2.90. The first kappa shape index (κ1) is 13.5. The van der Waals surface area contributed by atoms with E-state index in [4.69, 9.17) is 5.73 Å². The number of nitrogens with zero attached hydrogens (tertiary/aromatic N) is 2. The van der Waals surface area contributed by atoms with E-state index in [1.165, 1.54) is 11.3 Å². The Kier molecular flexibility index (Phi) is 4.02. The van der Waals surface area contributed by atoms with Gasteiger partial charge in [0.1, 0.15) is 4.88 Å². The third-order valence-corrected chi connectivity index (χ3v) is 4.11. The fourth-order valence-electron chi connectivity index (χ4n) is 2.28. The summed E-state index contributed by atoms with van der Waals surface area (Å²) in [5, 5.41) is 0.970. The van der Waals surface area contributed by atoms with E-state index < -0.39 is 0 Å². The first-order valence-corrected chi connectivity index (χ1v) is 7.30. The lowest BCUT2D eigenvalue weighted by molar-refractivity contribution is 0.0794. The summed E-state index contributed by atoms with van der Waals surface area (Å²) in [6.45, 7) is 7.71. The molecule has 0 saturated carbocycles. The lowest BCUT2D eigenvalue weighted by Gasteiger charge is -2.15. The van der Waals surface area contributed by atoms with Gasteiger partial charge in [-0.3, -0.25) is 4.79 Å². The Morgan fingerprint density at radius 1 is 1.61 bits per heavy atom. The Hall–Kier alpha value is -0.940. The lowest BCUT2D eigenvalue weighted by atomic mass is 10.1. The van der Waals surface area contributed by atoms with Gasteiger partial charge in [-0.25, -0.2) is 4.98 Å². The standard InChI is InChI=1S/C13H21N3OS/c1-8(2)6-11-12(18-9(3)15-11)13(17)16-5-4-10(14)7-16/h8,10H,4-7,14H2,1-3H3/t10-/m0/s1. The van der Waals surface area contributed by atoms with Gasteiger partial charge < -0.3 is 10.6 Å². The fraction of sp³-hybridized carbons (Fsp3) is 0.692. The van der Waals surface area contributed by atoms with Crippen LogP contribution in [0.5, 0.6) is 0 Å². The molecule has 0 aliphatic carbocycles. The van der Waals surface area contributed by atoms with Crippen molar-refractivity contribution in [2.24, 2.45) is 11.7 Å². The molecule has 18 heavy (non-hydrogen) atoms. The number of nitrogens with two attached hydrogens (primary N) is 1. The van der Waals surface area contributed by atoms with E-state index in [-0.39, 0.29) is 11.9 Å². The number of aromatic nitrogens is 1. The van der Waals surface area contributed by atoms with Crippen LogP contribution >= 0.6 is 11.3 Å². The van der Waals surface area contributed by atoms with Crippen molar-refractivity contribution in [2.75, 3.05) is 13.1 Å². The van der Waals surface area contributed by atoms with Crippen LogP contribution in [0.2, 0.25) is 0 Å². The van der Waals surface area contributed by atoms with Crippen LogP contribution in [0, 0.1) is 12.8 Å². The van der Waals surface area contributed by atoms with Crippen LogP contribution in [-0.2, 0) is 6.42 Å². The molecule has 1 saturated heterocycles. The average Bonchev–Trinajstić information content (AvgIpc) is 2.83. The number of likely N-dealkylation sites (tertiary alicyclic amines) is 1. The van der Waals surface area contributed by atoms with Crippen molar-refractivity contribution in [3.8, 4) is 0 Å². The summed E-state index contributed by atoms with van der Waals surface area (Å²) in [6.07, 6.45) is 1.77. The maximum atomic E-state index is 12.4. The molecule has 1 aliphatic heterocycles. The molecule has 1 amide bonds. The molecule has 5 heteroatoms. The van der Waals surface area contributed by atoms with Crippen LogP contribution in [0.25, 0.3) is 0 Å². The van der Waals surface area contributed by atoms with Crippen LogP contribution in [0.4, 0.5) is 0 Å². The van der Waals surface area contributed by atoms with Crippen molar-refractivity contribution in [1.29, 1.82) is 0 Å². The molecule has 2 N–H and O–H groups in total. The Labute approximate surface area is 112 Å². The van der Waals surface area contributed by atoms with Gasteiger partial charge in [0.05, 0.1) is 10.7 Å². The van der Waals surface area contributed by atoms with Gasteiger partial charge in [-0.1, -0.05) is 13.8 Å². The number of hydrogen-bond acceptors (Lipinski definition) is 4. The number of hydrogen-bond donors (Lipinski definition) is 1. The molecule has 1 atom stereocenters. The number of rotatable bonds is 3. The molecule has 4 nitrogen and oxygen atoms in total. The summed E-state index contributed by atoms with van der Waals surface area (Å²) in [7, 11) is 0. The second-order valence-corrected chi connectivity index (χ2v) is 6.61. The highest BCUT2D eigenvalue weighted by molar-refractivity contribution is 7.13. The predicted octanol–water partition coefficient (Wildman–Crippen LogP) is 1.82. The molecule has 2 heterocycles. The smallest absolute Gasteiger partial charge is 0.265 e. The van der Waals surface area contributed by atoms with Gasteiger partial charge in [0, 0.05) is 19.1 Å². The summed E-state index contributed by atoms with van der Waals surface area (Å²) >= 11 is 1.51. The minimum Gasteiger partial charge on any atom is -0.336 e. The molecule has 1 aromatic heterocycles. The van der Waals surface area contributed by atoms with Crippen molar-refractivity contribution in [3.05, 3.63) is 15.6 Å². The normalized spacial score (nSPS) is 19.8. The summed E-state index contributed by atoms with van der Waals surface area (Å²) in [4.78, 5) is 19.6. The van der Waals surface area contributed by atoms with Crippen LogP contribution < -0.4 is 5.73 Å². The van der Waals surface area contributed by atoms with Crippen molar-refractivity contribution in [1.82, 2.24) is 9.88 Å². The largest absolute Gasteiger partial charge is 0.336 e. The highest BCUT2D eigenvalue weighted by Crippen LogP contribution is 2.24. The van der Waals surface area contributed by atoms with Gasteiger partial charge in [-0.05, 0) is 25.7 Å². The van der Waals surface area contributed by atoms with Crippen LogP contribution in [0.3, 0.4) is 0 Å². The molecule has 100 valence electrons. The second kappa shape index (κ2) is 5.36. The molecule has 2 rings (SSSR count). The van der Waals surface area contributed by atoms with Gasteiger partial charge >= 0.3 is 0 Å². The summed E-state index contributed by atoms with van der Waals surface area (Å²) in [5.41, 5.74) is 6.82. The van der Waals surface area contributed by atoms with E-state index in [2.05, 4.69) is 18.8 Å². The van der Waals surface area contributed by atoms with E-state index in [0.717, 1.165) is 35.0 Å². The molecule has 0 aromatic carbocycles. The topological polar surface area (TPSA) is 59.2 Å². The van der Waals surface area contributed by atoms with Crippen molar-refractivity contribution < 1.29 is 4.79 Å². The van der Waals surface area contributed by atoms with E-state index in [9.17, 15) is 4.79 Å². The fourth-order valence-corrected chi connectivity index (χ4v) is 3.19. The Morgan fingerprint density at radius 2 is 2.33 bits per heavy atom. The van der Waals surface area contributed by atoms with Crippen molar-refractivity contribution >= 4 is 17.2 Å². The molecule has 0 radical (unpaired) electrons.